The quantitative estimate of drug-likeness (QED) is 0.775. The van der Waals surface area contributed by atoms with Gasteiger partial charge in [-0.3, -0.25) is 4.98 Å². The lowest BCUT2D eigenvalue weighted by molar-refractivity contribution is 0.841. The van der Waals surface area contributed by atoms with E-state index in [1.807, 2.05) is 29.0 Å². The molecule has 5 heteroatoms. The topological polar surface area (TPSA) is 68.2 Å². The van der Waals surface area contributed by atoms with Crippen LogP contribution in [0.15, 0.2) is 36.7 Å². The predicted octanol–water partition coefficient (Wildman–Crippen LogP) is 2.45. The summed E-state index contributed by atoms with van der Waals surface area (Å²) < 4.78 is 2.02. The van der Waals surface area contributed by atoms with Crippen LogP contribution in [0, 0.1) is 0 Å². The molecular formula is C17H19N5. The Morgan fingerprint density at radius 1 is 1.14 bits per heavy atom. The van der Waals surface area contributed by atoms with Crippen molar-refractivity contribution in [3.8, 4) is 0 Å². The Morgan fingerprint density at radius 2 is 2.00 bits per heavy atom. The maximum absolute atomic E-state index is 6.26. The Balaban J connectivity index is 1.56. The highest BCUT2D eigenvalue weighted by Crippen LogP contribution is 2.29. The second-order valence-electron chi connectivity index (χ2n) is 5.75. The maximum Gasteiger partial charge on any atom is 0.172 e. The molecule has 112 valence electrons. The number of rotatable bonds is 4. The monoisotopic (exact) mass is 293 g/mol. The number of anilines is 2. The normalized spacial score (nSPS) is 13.5. The zero-order valence-electron chi connectivity index (χ0n) is 12.4. The maximum atomic E-state index is 6.26. The fourth-order valence-electron chi connectivity index (χ4n) is 3.17. The van der Waals surface area contributed by atoms with Crippen molar-refractivity contribution in [2.75, 3.05) is 17.6 Å². The smallest absolute Gasteiger partial charge is 0.172 e. The van der Waals surface area contributed by atoms with Crippen molar-refractivity contribution in [3.63, 3.8) is 0 Å². The minimum atomic E-state index is 0.740. The zero-order valence-corrected chi connectivity index (χ0v) is 12.4. The van der Waals surface area contributed by atoms with Gasteiger partial charge in [-0.05, 0) is 55.0 Å². The van der Waals surface area contributed by atoms with Gasteiger partial charge in [-0.1, -0.05) is 6.07 Å². The van der Waals surface area contributed by atoms with E-state index in [2.05, 4.69) is 27.5 Å². The van der Waals surface area contributed by atoms with Crippen LogP contribution in [-0.2, 0) is 19.3 Å². The molecule has 0 spiro atoms. The van der Waals surface area contributed by atoms with E-state index in [9.17, 15) is 0 Å². The number of nitrogens with zero attached hydrogens (tertiary/aromatic N) is 3. The van der Waals surface area contributed by atoms with Gasteiger partial charge in [-0.15, -0.1) is 5.10 Å². The Morgan fingerprint density at radius 3 is 2.86 bits per heavy atom. The molecule has 0 aromatic carbocycles. The lowest BCUT2D eigenvalue weighted by atomic mass is 10.2. The molecule has 0 bridgehead atoms. The van der Waals surface area contributed by atoms with Gasteiger partial charge in [0.25, 0.3) is 0 Å². The Labute approximate surface area is 129 Å². The van der Waals surface area contributed by atoms with Crippen LogP contribution in [0.25, 0.3) is 5.52 Å². The van der Waals surface area contributed by atoms with Crippen molar-refractivity contribution in [3.05, 3.63) is 53.5 Å². The predicted molar refractivity (Wildman–Crippen MR) is 88.1 cm³/mol. The molecular weight excluding hydrogens is 274 g/mol. The highest BCUT2D eigenvalue weighted by atomic mass is 15.3. The van der Waals surface area contributed by atoms with Crippen molar-refractivity contribution in [2.24, 2.45) is 0 Å². The summed E-state index contributed by atoms with van der Waals surface area (Å²) in [5.41, 5.74) is 12.0. The third kappa shape index (κ3) is 2.19. The minimum Gasteiger partial charge on any atom is -0.394 e. The zero-order chi connectivity index (χ0) is 14.9. The molecule has 0 amide bonds. The molecule has 22 heavy (non-hydrogen) atoms. The van der Waals surface area contributed by atoms with Crippen LogP contribution in [0.5, 0.6) is 0 Å². The number of fused-ring (bicyclic) bond motifs is 3. The summed E-state index contributed by atoms with van der Waals surface area (Å²) in [6.45, 7) is 0.806. The van der Waals surface area contributed by atoms with Crippen LogP contribution in [0.2, 0.25) is 0 Å². The van der Waals surface area contributed by atoms with Crippen molar-refractivity contribution < 1.29 is 0 Å². The van der Waals surface area contributed by atoms with E-state index in [1.54, 1.807) is 0 Å². The molecule has 0 fully saturated rings. The molecule has 5 nitrogen and oxygen atoms in total. The van der Waals surface area contributed by atoms with E-state index in [1.165, 1.54) is 23.2 Å². The minimum absolute atomic E-state index is 0.740. The number of nitrogens with one attached hydrogen (secondary N) is 1. The van der Waals surface area contributed by atoms with Crippen LogP contribution in [0.4, 0.5) is 11.5 Å². The Kier molecular flexibility index (Phi) is 3.18. The van der Waals surface area contributed by atoms with Gasteiger partial charge in [-0.25, -0.2) is 4.52 Å². The van der Waals surface area contributed by atoms with E-state index < -0.39 is 0 Å². The van der Waals surface area contributed by atoms with E-state index in [4.69, 9.17) is 5.73 Å². The first-order chi connectivity index (χ1) is 10.8. The van der Waals surface area contributed by atoms with Crippen molar-refractivity contribution in [1.29, 1.82) is 0 Å². The fourth-order valence-corrected chi connectivity index (χ4v) is 3.17. The number of nitrogens with two attached hydrogens (primary N) is 1. The SMILES string of the molecule is Nc1c(NCCc2ccncc2)nn2c3c(ccc12)CCC3. The lowest BCUT2D eigenvalue weighted by Gasteiger charge is -2.03. The summed E-state index contributed by atoms with van der Waals surface area (Å²) in [5.74, 6) is 0.786. The molecule has 0 unspecified atom stereocenters. The number of aryl methyl sites for hydroxylation is 2. The van der Waals surface area contributed by atoms with E-state index in [-0.39, 0.29) is 0 Å². The fraction of sp³-hybridized carbons (Fsp3) is 0.294. The average molecular weight is 293 g/mol. The van der Waals surface area contributed by atoms with Crippen LogP contribution in [0.3, 0.4) is 0 Å². The summed E-state index contributed by atoms with van der Waals surface area (Å²) in [7, 11) is 0. The van der Waals surface area contributed by atoms with Crippen molar-refractivity contribution in [1.82, 2.24) is 14.6 Å². The highest BCUT2D eigenvalue weighted by Gasteiger charge is 2.18. The summed E-state index contributed by atoms with van der Waals surface area (Å²) in [4.78, 5) is 4.03. The molecule has 3 aromatic heterocycles. The second-order valence-corrected chi connectivity index (χ2v) is 5.75. The molecule has 4 rings (SSSR count). The van der Waals surface area contributed by atoms with Gasteiger partial charge in [0.1, 0.15) is 5.69 Å². The van der Waals surface area contributed by atoms with Gasteiger partial charge in [0.15, 0.2) is 5.82 Å². The molecule has 0 saturated carbocycles. The summed E-state index contributed by atoms with van der Waals surface area (Å²) in [6, 6.07) is 8.33. The first kappa shape index (κ1) is 13.1. The number of hydrogen-bond acceptors (Lipinski definition) is 4. The second kappa shape index (κ2) is 5.33. The summed E-state index contributed by atoms with van der Waals surface area (Å²) >= 11 is 0. The molecule has 0 atom stereocenters. The van der Waals surface area contributed by atoms with Gasteiger partial charge in [-0.2, -0.15) is 0 Å². The van der Waals surface area contributed by atoms with Gasteiger partial charge in [0.2, 0.25) is 0 Å². The number of hydrogen-bond donors (Lipinski definition) is 2. The van der Waals surface area contributed by atoms with Crippen molar-refractivity contribution >= 4 is 17.0 Å². The van der Waals surface area contributed by atoms with Gasteiger partial charge in [0, 0.05) is 24.6 Å². The molecule has 0 saturated heterocycles. The highest BCUT2D eigenvalue weighted by molar-refractivity contribution is 5.81. The molecule has 1 aliphatic carbocycles. The van der Waals surface area contributed by atoms with Gasteiger partial charge < -0.3 is 11.1 Å². The molecule has 0 aliphatic heterocycles. The van der Waals surface area contributed by atoms with Crippen LogP contribution in [0.1, 0.15) is 23.2 Å². The Hall–Kier alpha value is -2.56. The molecule has 3 N–H and O–H groups in total. The Bertz CT molecular complexity index is 807. The molecule has 3 heterocycles. The van der Waals surface area contributed by atoms with Crippen LogP contribution in [-0.4, -0.2) is 21.1 Å². The first-order valence-corrected chi connectivity index (χ1v) is 7.74. The van der Waals surface area contributed by atoms with Gasteiger partial charge in [0.05, 0.1) is 5.52 Å². The molecule has 3 aromatic rings. The molecule has 1 aliphatic rings. The largest absolute Gasteiger partial charge is 0.394 e. The third-order valence-electron chi connectivity index (χ3n) is 4.34. The van der Waals surface area contributed by atoms with E-state index in [0.717, 1.165) is 42.8 Å². The van der Waals surface area contributed by atoms with E-state index in [0.29, 0.717) is 0 Å². The number of aromatic nitrogens is 3. The van der Waals surface area contributed by atoms with Gasteiger partial charge >= 0.3 is 0 Å². The average Bonchev–Trinajstić information content (AvgIpc) is 3.14. The standard InChI is InChI=1S/C17H19N5/c18-16-15-5-4-13-2-1-3-14(13)22(15)21-17(16)20-11-8-12-6-9-19-10-7-12/h4-7,9-10H,1-3,8,11,18H2,(H,20,21). The number of pyridine rings is 2. The summed E-state index contributed by atoms with van der Waals surface area (Å²) in [5, 5.41) is 8.05. The first-order valence-electron chi connectivity index (χ1n) is 7.74. The lowest BCUT2D eigenvalue weighted by Crippen LogP contribution is -2.07. The number of nitrogen functional groups attached to an aromatic ring is 1. The van der Waals surface area contributed by atoms with Crippen LogP contribution >= 0.6 is 0 Å². The van der Waals surface area contributed by atoms with Crippen LogP contribution < -0.4 is 11.1 Å². The summed E-state index contributed by atoms with van der Waals surface area (Å²) in [6.07, 6.45) is 8.00. The molecule has 0 radical (unpaired) electrons. The van der Waals surface area contributed by atoms with E-state index >= 15 is 0 Å². The third-order valence-corrected chi connectivity index (χ3v) is 4.34. The van der Waals surface area contributed by atoms with Crippen molar-refractivity contribution in [2.45, 2.75) is 25.7 Å².